The minimum Gasteiger partial charge on any atom is -0.334 e. The van der Waals surface area contributed by atoms with Gasteiger partial charge in [0.25, 0.3) is 5.89 Å². The summed E-state index contributed by atoms with van der Waals surface area (Å²) in [5, 5.41) is 4.59. The van der Waals surface area contributed by atoms with Gasteiger partial charge in [0.2, 0.25) is 0 Å². The molecule has 0 saturated heterocycles. The van der Waals surface area contributed by atoms with E-state index in [9.17, 15) is 0 Å². The zero-order valence-corrected chi connectivity index (χ0v) is 11.5. The molecule has 1 aromatic heterocycles. The lowest BCUT2D eigenvalue weighted by Gasteiger charge is -2.16. The number of aromatic nitrogens is 2. The Kier molecular flexibility index (Phi) is 3.41. The Hall–Kier alpha value is -1.39. The van der Waals surface area contributed by atoms with Crippen molar-refractivity contribution in [3.8, 4) is 11.5 Å². The summed E-state index contributed by atoms with van der Waals surface area (Å²) < 4.78 is 5.25. The number of hydrogen-bond acceptors (Lipinski definition) is 4. The largest absolute Gasteiger partial charge is 0.334 e. The van der Waals surface area contributed by atoms with Crippen molar-refractivity contribution in [2.24, 2.45) is 5.73 Å². The van der Waals surface area contributed by atoms with E-state index < -0.39 is 5.54 Å². The molecule has 0 spiro atoms. The first-order valence-corrected chi connectivity index (χ1v) is 6.21. The average molecular weight is 266 g/mol. The number of aryl methyl sites for hydroxylation is 1. The smallest absolute Gasteiger partial charge is 0.258 e. The second kappa shape index (κ2) is 4.71. The van der Waals surface area contributed by atoms with Crippen LogP contribution in [0.5, 0.6) is 0 Å². The zero-order valence-electron chi connectivity index (χ0n) is 10.7. The van der Waals surface area contributed by atoms with E-state index in [2.05, 4.69) is 10.1 Å². The normalized spacial score (nSPS) is 14.5. The van der Waals surface area contributed by atoms with Gasteiger partial charge in [-0.15, -0.1) is 0 Å². The Bertz CT molecular complexity index is 543. The third kappa shape index (κ3) is 2.54. The van der Waals surface area contributed by atoms with Gasteiger partial charge in [-0.25, -0.2) is 0 Å². The lowest BCUT2D eigenvalue weighted by molar-refractivity contribution is 0.379. The predicted octanol–water partition coefficient (Wildman–Crippen LogP) is 3.28. The number of hydrogen-bond donors (Lipinski definition) is 1. The van der Waals surface area contributed by atoms with Crippen molar-refractivity contribution in [2.75, 3.05) is 0 Å². The van der Waals surface area contributed by atoms with Crippen molar-refractivity contribution >= 4 is 11.6 Å². The molecular formula is C13H16ClN3O. The molecule has 2 rings (SSSR count). The second-order valence-corrected chi connectivity index (χ2v) is 5.15. The lowest BCUT2D eigenvalue weighted by atomic mass is 10.00. The van der Waals surface area contributed by atoms with Crippen molar-refractivity contribution in [2.45, 2.75) is 32.7 Å². The van der Waals surface area contributed by atoms with Crippen molar-refractivity contribution < 1.29 is 4.52 Å². The van der Waals surface area contributed by atoms with E-state index in [0.717, 1.165) is 17.5 Å². The van der Waals surface area contributed by atoms with E-state index in [4.69, 9.17) is 21.9 Å². The van der Waals surface area contributed by atoms with Gasteiger partial charge < -0.3 is 10.3 Å². The summed E-state index contributed by atoms with van der Waals surface area (Å²) in [6.45, 7) is 5.83. The summed E-state index contributed by atoms with van der Waals surface area (Å²) in [4.78, 5) is 4.34. The van der Waals surface area contributed by atoms with Gasteiger partial charge >= 0.3 is 0 Å². The Morgan fingerprint density at radius 2 is 2.11 bits per heavy atom. The topological polar surface area (TPSA) is 64.9 Å². The maximum atomic E-state index is 6.08. The number of halogens is 1. The number of rotatable bonds is 3. The van der Waals surface area contributed by atoms with Crippen LogP contribution in [0, 0.1) is 6.92 Å². The van der Waals surface area contributed by atoms with Crippen LogP contribution < -0.4 is 5.73 Å². The average Bonchev–Trinajstić information content (AvgIpc) is 2.77. The van der Waals surface area contributed by atoms with Gasteiger partial charge in [0.05, 0.1) is 5.54 Å². The molecule has 4 nitrogen and oxygen atoms in total. The van der Waals surface area contributed by atoms with Crippen molar-refractivity contribution in [3.05, 3.63) is 34.6 Å². The second-order valence-electron chi connectivity index (χ2n) is 4.71. The van der Waals surface area contributed by atoms with Crippen LogP contribution in [-0.4, -0.2) is 10.1 Å². The highest BCUT2D eigenvalue weighted by atomic mass is 35.5. The Morgan fingerprint density at radius 3 is 2.72 bits per heavy atom. The number of nitrogens with two attached hydrogens (primary N) is 1. The molecule has 0 bridgehead atoms. The maximum absolute atomic E-state index is 6.08. The minimum absolute atomic E-state index is 0.445. The Balaban J connectivity index is 2.41. The van der Waals surface area contributed by atoms with Crippen LogP contribution >= 0.6 is 11.6 Å². The fraction of sp³-hybridized carbons (Fsp3) is 0.385. The van der Waals surface area contributed by atoms with Gasteiger partial charge in [-0.2, -0.15) is 4.98 Å². The summed E-state index contributed by atoms with van der Waals surface area (Å²) in [6, 6.07) is 5.62. The van der Waals surface area contributed by atoms with Gasteiger partial charge in [0.15, 0.2) is 5.82 Å². The molecule has 1 unspecified atom stereocenters. The van der Waals surface area contributed by atoms with E-state index in [1.807, 2.05) is 32.9 Å². The molecule has 18 heavy (non-hydrogen) atoms. The molecule has 0 aliphatic rings. The first-order chi connectivity index (χ1) is 8.42. The Morgan fingerprint density at radius 1 is 1.39 bits per heavy atom. The molecule has 5 heteroatoms. The van der Waals surface area contributed by atoms with Crippen LogP contribution in [0.2, 0.25) is 5.02 Å². The molecule has 0 saturated carbocycles. The fourth-order valence-corrected chi connectivity index (χ4v) is 1.88. The fourth-order valence-electron chi connectivity index (χ4n) is 1.59. The number of benzene rings is 1. The van der Waals surface area contributed by atoms with Crippen LogP contribution in [-0.2, 0) is 5.54 Å². The van der Waals surface area contributed by atoms with Crippen molar-refractivity contribution in [1.82, 2.24) is 10.1 Å². The molecule has 0 radical (unpaired) electrons. The van der Waals surface area contributed by atoms with Gasteiger partial charge in [0, 0.05) is 10.6 Å². The third-order valence-electron chi connectivity index (χ3n) is 2.96. The molecule has 2 N–H and O–H groups in total. The van der Waals surface area contributed by atoms with E-state index in [-0.39, 0.29) is 0 Å². The molecular weight excluding hydrogens is 250 g/mol. The summed E-state index contributed by atoms with van der Waals surface area (Å²) in [7, 11) is 0. The van der Waals surface area contributed by atoms with Crippen LogP contribution in [0.3, 0.4) is 0 Å². The van der Waals surface area contributed by atoms with Gasteiger partial charge in [-0.05, 0) is 44.0 Å². The number of nitrogens with zero attached hydrogens (tertiary/aromatic N) is 2. The van der Waals surface area contributed by atoms with Gasteiger partial charge in [-0.1, -0.05) is 23.7 Å². The van der Waals surface area contributed by atoms with E-state index in [1.165, 1.54) is 0 Å². The summed E-state index contributed by atoms with van der Waals surface area (Å²) in [5.74, 6) is 0.957. The van der Waals surface area contributed by atoms with Gasteiger partial charge in [0.1, 0.15) is 0 Å². The first kappa shape index (κ1) is 13.1. The third-order valence-corrected chi connectivity index (χ3v) is 3.18. The van der Waals surface area contributed by atoms with Crippen molar-refractivity contribution in [1.29, 1.82) is 0 Å². The molecule has 0 amide bonds. The molecule has 96 valence electrons. The Labute approximate surface area is 111 Å². The highest BCUT2D eigenvalue weighted by molar-refractivity contribution is 6.30. The van der Waals surface area contributed by atoms with Crippen LogP contribution in [0.4, 0.5) is 0 Å². The quantitative estimate of drug-likeness (QED) is 0.925. The standard InChI is InChI=1S/C13H16ClN3O/c1-4-13(3,15)12-16-11(18-17-12)9-5-8(2)6-10(14)7-9/h5-7H,4,15H2,1-3H3. The van der Waals surface area contributed by atoms with Crippen LogP contribution in [0.15, 0.2) is 22.7 Å². The van der Waals surface area contributed by atoms with E-state index >= 15 is 0 Å². The monoisotopic (exact) mass is 265 g/mol. The SMILES string of the molecule is CCC(C)(N)c1noc(-c2cc(C)cc(Cl)c2)n1. The molecule has 0 aliphatic carbocycles. The summed E-state index contributed by atoms with van der Waals surface area (Å²) >= 11 is 6.01. The van der Waals surface area contributed by atoms with E-state index in [1.54, 1.807) is 6.07 Å². The van der Waals surface area contributed by atoms with Crippen LogP contribution in [0.1, 0.15) is 31.7 Å². The highest BCUT2D eigenvalue weighted by Crippen LogP contribution is 2.26. The molecule has 0 aliphatic heterocycles. The predicted molar refractivity (Wildman–Crippen MR) is 71.3 cm³/mol. The summed E-state index contributed by atoms with van der Waals surface area (Å²) in [6.07, 6.45) is 0.737. The maximum Gasteiger partial charge on any atom is 0.258 e. The molecule has 2 aromatic rings. The first-order valence-electron chi connectivity index (χ1n) is 5.83. The molecule has 1 aromatic carbocycles. The van der Waals surface area contributed by atoms with Crippen molar-refractivity contribution in [3.63, 3.8) is 0 Å². The molecule has 0 fully saturated rings. The molecule has 1 heterocycles. The van der Waals surface area contributed by atoms with E-state index in [0.29, 0.717) is 16.7 Å². The summed E-state index contributed by atoms with van der Waals surface area (Å²) in [5.41, 5.74) is 7.36. The zero-order chi connectivity index (χ0) is 13.3. The minimum atomic E-state index is -0.574. The van der Waals surface area contributed by atoms with Gasteiger partial charge in [-0.3, -0.25) is 0 Å². The molecule has 1 atom stereocenters. The van der Waals surface area contributed by atoms with Crippen LogP contribution in [0.25, 0.3) is 11.5 Å². The highest BCUT2D eigenvalue weighted by Gasteiger charge is 2.25. The lowest BCUT2D eigenvalue weighted by Crippen LogP contribution is -2.33.